The van der Waals surface area contributed by atoms with E-state index in [0.717, 1.165) is 43.7 Å². The number of nitrogens with one attached hydrogen (secondary N) is 1. The van der Waals surface area contributed by atoms with Gasteiger partial charge in [0.25, 0.3) is 0 Å². The number of likely N-dealkylation sites (tertiary alicyclic amines) is 1. The molecule has 0 unspecified atom stereocenters. The Morgan fingerprint density at radius 1 is 1.38 bits per heavy atom. The first-order valence-electron chi connectivity index (χ1n) is 8.99. The number of piperidine rings is 1. The number of carbonyl (C=O) groups excluding carboxylic acids is 2. The highest BCUT2D eigenvalue weighted by atomic mass is 16.3. The van der Waals surface area contributed by atoms with Crippen molar-refractivity contribution in [1.29, 1.82) is 0 Å². The molecule has 2 saturated heterocycles. The number of urea groups is 1. The third-order valence-corrected chi connectivity index (χ3v) is 5.04. The summed E-state index contributed by atoms with van der Waals surface area (Å²) < 4.78 is 5.93. The Hall–Kier alpha value is -1.98. The van der Waals surface area contributed by atoms with E-state index in [1.165, 1.54) is 0 Å². The van der Waals surface area contributed by atoms with E-state index in [2.05, 4.69) is 19.2 Å². The van der Waals surface area contributed by atoms with E-state index in [-0.39, 0.29) is 24.5 Å². The molecule has 0 saturated carbocycles. The zero-order valence-electron chi connectivity index (χ0n) is 14.6. The van der Waals surface area contributed by atoms with E-state index >= 15 is 0 Å². The number of hydrogen-bond acceptors (Lipinski definition) is 3. The summed E-state index contributed by atoms with van der Waals surface area (Å²) in [7, 11) is 0. The molecule has 0 aliphatic carbocycles. The lowest BCUT2D eigenvalue weighted by atomic mass is 9.91. The van der Waals surface area contributed by atoms with Crippen LogP contribution in [0.15, 0.2) is 16.5 Å². The fourth-order valence-corrected chi connectivity index (χ4v) is 3.56. The predicted molar refractivity (Wildman–Crippen MR) is 90.5 cm³/mol. The lowest BCUT2D eigenvalue weighted by Gasteiger charge is -2.39. The van der Waals surface area contributed by atoms with Crippen molar-refractivity contribution >= 4 is 11.9 Å². The van der Waals surface area contributed by atoms with Gasteiger partial charge in [-0.2, -0.15) is 0 Å². The molecule has 3 amide bonds. The lowest BCUT2D eigenvalue weighted by molar-refractivity contribution is -0.137. The van der Waals surface area contributed by atoms with E-state index < -0.39 is 0 Å². The van der Waals surface area contributed by atoms with Gasteiger partial charge in [0, 0.05) is 26.1 Å². The van der Waals surface area contributed by atoms with Gasteiger partial charge in [-0.05, 0) is 37.3 Å². The number of aryl methyl sites for hydroxylation is 1. The molecule has 0 spiro atoms. The highest BCUT2D eigenvalue weighted by Gasteiger charge is 2.34. The lowest BCUT2D eigenvalue weighted by Crippen LogP contribution is -2.52. The summed E-state index contributed by atoms with van der Waals surface area (Å²) in [5.41, 5.74) is 0. The van der Waals surface area contributed by atoms with Crippen molar-refractivity contribution < 1.29 is 14.0 Å². The SMILES string of the molecule is CCc1ccc([C@H]2C[C@@H](C)CCN2C(=O)CN2CCCNC2=O)o1. The van der Waals surface area contributed by atoms with E-state index in [1.807, 2.05) is 17.0 Å². The van der Waals surface area contributed by atoms with Crippen LogP contribution in [-0.4, -0.2) is 47.9 Å². The van der Waals surface area contributed by atoms with Crippen molar-refractivity contribution in [1.82, 2.24) is 15.1 Å². The van der Waals surface area contributed by atoms with Crippen molar-refractivity contribution in [2.24, 2.45) is 5.92 Å². The summed E-state index contributed by atoms with van der Waals surface area (Å²) >= 11 is 0. The van der Waals surface area contributed by atoms with Crippen LogP contribution in [0.2, 0.25) is 0 Å². The molecule has 24 heavy (non-hydrogen) atoms. The van der Waals surface area contributed by atoms with Crippen LogP contribution in [0.5, 0.6) is 0 Å². The third kappa shape index (κ3) is 3.57. The third-order valence-electron chi connectivity index (χ3n) is 5.04. The van der Waals surface area contributed by atoms with Gasteiger partial charge >= 0.3 is 6.03 Å². The zero-order chi connectivity index (χ0) is 17.1. The van der Waals surface area contributed by atoms with Crippen LogP contribution in [0.4, 0.5) is 4.79 Å². The van der Waals surface area contributed by atoms with Crippen molar-refractivity contribution in [3.8, 4) is 0 Å². The monoisotopic (exact) mass is 333 g/mol. The maximum Gasteiger partial charge on any atom is 0.317 e. The van der Waals surface area contributed by atoms with E-state index in [4.69, 9.17) is 4.42 Å². The first-order chi connectivity index (χ1) is 11.6. The summed E-state index contributed by atoms with van der Waals surface area (Å²) in [6.07, 6.45) is 3.64. The van der Waals surface area contributed by atoms with Crippen molar-refractivity contribution in [2.75, 3.05) is 26.2 Å². The van der Waals surface area contributed by atoms with Gasteiger partial charge < -0.3 is 19.5 Å². The Morgan fingerprint density at radius 2 is 2.21 bits per heavy atom. The fourth-order valence-electron chi connectivity index (χ4n) is 3.56. The molecule has 6 nitrogen and oxygen atoms in total. The molecule has 0 aromatic carbocycles. The quantitative estimate of drug-likeness (QED) is 0.921. The number of furan rings is 1. The minimum atomic E-state index is -0.136. The van der Waals surface area contributed by atoms with Crippen LogP contribution in [0.25, 0.3) is 0 Å². The molecule has 0 radical (unpaired) electrons. The summed E-state index contributed by atoms with van der Waals surface area (Å²) in [6, 6.07) is 3.84. The molecular formula is C18H27N3O3. The number of nitrogens with zero attached hydrogens (tertiary/aromatic N) is 2. The number of rotatable bonds is 4. The van der Waals surface area contributed by atoms with Crippen molar-refractivity contribution in [2.45, 2.75) is 45.6 Å². The van der Waals surface area contributed by atoms with Gasteiger partial charge in [-0.1, -0.05) is 13.8 Å². The molecule has 2 aliphatic heterocycles. The fraction of sp³-hybridized carbons (Fsp3) is 0.667. The van der Waals surface area contributed by atoms with Crippen molar-refractivity contribution in [3.05, 3.63) is 23.7 Å². The second-order valence-corrected chi connectivity index (χ2v) is 6.90. The molecule has 1 aromatic rings. The Morgan fingerprint density at radius 3 is 2.92 bits per heavy atom. The summed E-state index contributed by atoms with van der Waals surface area (Å²) in [4.78, 5) is 28.2. The molecule has 2 fully saturated rings. The van der Waals surface area contributed by atoms with Crippen LogP contribution in [0, 0.1) is 5.92 Å². The topological polar surface area (TPSA) is 65.8 Å². The highest BCUT2D eigenvalue weighted by Crippen LogP contribution is 2.35. The molecule has 0 bridgehead atoms. The predicted octanol–water partition coefficient (Wildman–Crippen LogP) is 2.56. The van der Waals surface area contributed by atoms with Crippen LogP contribution >= 0.6 is 0 Å². The van der Waals surface area contributed by atoms with E-state index in [1.54, 1.807) is 4.90 Å². The second-order valence-electron chi connectivity index (χ2n) is 6.90. The smallest absolute Gasteiger partial charge is 0.317 e. The summed E-state index contributed by atoms with van der Waals surface area (Å²) in [5.74, 6) is 2.40. The minimum Gasteiger partial charge on any atom is -0.464 e. The zero-order valence-corrected chi connectivity index (χ0v) is 14.6. The molecule has 2 aliphatic rings. The normalized spacial score (nSPS) is 24.8. The molecule has 3 heterocycles. The molecule has 1 N–H and O–H groups in total. The first kappa shape index (κ1) is 16.9. The molecule has 1 aromatic heterocycles. The van der Waals surface area contributed by atoms with Gasteiger partial charge in [-0.15, -0.1) is 0 Å². The average molecular weight is 333 g/mol. The summed E-state index contributed by atoms with van der Waals surface area (Å²) in [5, 5.41) is 2.80. The minimum absolute atomic E-state index is 0.0124. The Kier molecular flexibility index (Phi) is 5.11. The Bertz CT molecular complexity index is 598. The van der Waals surface area contributed by atoms with E-state index in [9.17, 15) is 9.59 Å². The van der Waals surface area contributed by atoms with Crippen LogP contribution < -0.4 is 5.32 Å². The van der Waals surface area contributed by atoms with Gasteiger partial charge in [0.2, 0.25) is 5.91 Å². The summed E-state index contributed by atoms with van der Waals surface area (Å²) in [6.45, 7) is 6.49. The largest absolute Gasteiger partial charge is 0.464 e. The Labute approximate surface area is 143 Å². The maximum atomic E-state index is 12.8. The van der Waals surface area contributed by atoms with Crippen LogP contribution in [0.3, 0.4) is 0 Å². The number of hydrogen-bond donors (Lipinski definition) is 1. The van der Waals surface area contributed by atoms with Crippen LogP contribution in [0.1, 0.15) is 50.7 Å². The van der Waals surface area contributed by atoms with Gasteiger partial charge in [0.1, 0.15) is 18.1 Å². The standard InChI is InChI=1S/C18H27N3O3/c1-3-14-5-6-16(24-14)15-11-13(2)7-10-21(15)17(22)12-20-9-4-8-19-18(20)23/h5-6,13,15H,3-4,7-12H2,1-2H3,(H,19,23)/t13-,15+/m0/s1. The molecule has 132 valence electrons. The molecule has 2 atom stereocenters. The van der Waals surface area contributed by atoms with Gasteiger partial charge in [-0.3, -0.25) is 4.79 Å². The number of amides is 3. The second kappa shape index (κ2) is 7.28. The van der Waals surface area contributed by atoms with Gasteiger partial charge in [0.05, 0.1) is 6.04 Å². The highest BCUT2D eigenvalue weighted by molar-refractivity contribution is 5.84. The molecular weight excluding hydrogens is 306 g/mol. The van der Waals surface area contributed by atoms with Gasteiger partial charge in [-0.25, -0.2) is 4.79 Å². The first-order valence-corrected chi connectivity index (χ1v) is 8.99. The molecule has 3 rings (SSSR count). The van der Waals surface area contributed by atoms with Gasteiger partial charge in [0.15, 0.2) is 0 Å². The molecule has 6 heteroatoms. The Balaban J connectivity index is 1.73. The van der Waals surface area contributed by atoms with E-state index in [0.29, 0.717) is 19.0 Å². The average Bonchev–Trinajstić information content (AvgIpc) is 3.06. The van der Waals surface area contributed by atoms with Crippen molar-refractivity contribution in [3.63, 3.8) is 0 Å². The maximum absolute atomic E-state index is 12.8. The number of carbonyl (C=O) groups is 2. The van der Waals surface area contributed by atoms with Crippen LogP contribution in [-0.2, 0) is 11.2 Å².